The number of hydrogen-bond acceptors (Lipinski definition) is 3. The summed E-state index contributed by atoms with van der Waals surface area (Å²) in [6.07, 6.45) is 1.81. The molecule has 6 aromatic rings. The molecule has 1 N–H and O–H groups in total. The Morgan fingerprint density at radius 2 is 1.47 bits per heavy atom. The van der Waals surface area contributed by atoms with E-state index in [2.05, 4.69) is 96.2 Å². The Hall–Kier alpha value is -4.70. The second-order valence-electron chi connectivity index (χ2n) is 10.2. The van der Waals surface area contributed by atoms with E-state index >= 15 is 0 Å². The molecule has 4 heteroatoms. The fraction of sp³-hybridized carbons (Fsp3) is 0.118. The predicted molar refractivity (Wildman–Crippen MR) is 155 cm³/mol. The zero-order valence-corrected chi connectivity index (χ0v) is 21.8. The quantitative estimate of drug-likeness (QED) is 0.264. The normalized spacial score (nSPS) is 11.7. The molecular weight excluding hydrogens is 466 g/mol. The highest BCUT2D eigenvalue weighted by atomic mass is 16.3. The number of imidazole rings is 1. The molecule has 4 nitrogen and oxygen atoms in total. The lowest BCUT2D eigenvalue weighted by atomic mass is 9.76. The van der Waals surface area contributed by atoms with Crippen LogP contribution in [0.4, 0.5) is 0 Å². The van der Waals surface area contributed by atoms with Crippen molar-refractivity contribution in [3.63, 3.8) is 0 Å². The van der Waals surface area contributed by atoms with Crippen molar-refractivity contribution >= 4 is 11.0 Å². The highest BCUT2D eigenvalue weighted by Crippen LogP contribution is 2.43. The molecule has 0 amide bonds. The molecule has 0 radical (unpaired) electrons. The summed E-state index contributed by atoms with van der Waals surface area (Å²) < 4.78 is 2.08. The standard InChI is InChI=1S/C34H29N3O/c1-34(2,25-14-5-4-6-15-25)27-17-11-20-30(38)31(27)33-36-32-26(16-10-19-29(32)37(33)3)23-12-9-13-24(22-23)28-18-7-8-21-35-28/h4-22,38H,1-3H3. The summed E-state index contributed by atoms with van der Waals surface area (Å²) in [5.41, 5.74) is 8.64. The predicted octanol–water partition coefficient (Wildman–Crippen LogP) is 8.00. The van der Waals surface area contributed by atoms with E-state index in [1.165, 1.54) is 5.56 Å². The van der Waals surface area contributed by atoms with E-state index in [4.69, 9.17) is 4.98 Å². The Balaban J connectivity index is 1.54. The first-order valence-corrected chi connectivity index (χ1v) is 12.8. The van der Waals surface area contributed by atoms with Crippen LogP contribution in [0.2, 0.25) is 0 Å². The molecule has 2 heterocycles. The molecule has 0 bridgehead atoms. The number of phenols is 1. The van der Waals surface area contributed by atoms with Crippen LogP contribution < -0.4 is 0 Å². The monoisotopic (exact) mass is 495 g/mol. The maximum absolute atomic E-state index is 11.2. The van der Waals surface area contributed by atoms with Gasteiger partial charge in [-0.3, -0.25) is 4.98 Å². The summed E-state index contributed by atoms with van der Waals surface area (Å²) in [7, 11) is 2.02. The molecule has 0 atom stereocenters. The Morgan fingerprint density at radius 1 is 0.737 bits per heavy atom. The Labute approximate surface area is 222 Å². The van der Waals surface area contributed by atoms with Gasteiger partial charge in [0.05, 0.1) is 22.3 Å². The van der Waals surface area contributed by atoms with Gasteiger partial charge in [0, 0.05) is 29.8 Å². The summed E-state index contributed by atoms with van der Waals surface area (Å²) in [5.74, 6) is 0.967. The van der Waals surface area contributed by atoms with Gasteiger partial charge in [-0.15, -0.1) is 0 Å². The number of pyridine rings is 1. The third-order valence-electron chi connectivity index (χ3n) is 7.48. The van der Waals surface area contributed by atoms with Gasteiger partial charge in [0.1, 0.15) is 11.6 Å². The molecule has 0 aliphatic carbocycles. The third kappa shape index (κ3) is 3.95. The van der Waals surface area contributed by atoms with Crippen LogP contribution in [-0.2, 0) is 12.5 Å². The van der Waals surface area contributed by atoms with Crippen molar-refractivity contribution in [3.8, 4) is 39.5 Å². The summed E-state index contributed by atoms with van der Waals surface area (Å²) in [4.78, 5) is 9.70. The van der Waals surface area contributed by atoms with Crippen LogP contribution in [0.15, 0.2) is 115 Å². The number of nitrogens with zero attached hydrogens (tertiary/aromatic N) is 3. The maximum Gasteiger partial charge on any atom is 0.144 e. The number of rotatable bonds is 5. The number of hydrogen-bond donors (Lipinski definition) is 1. The Morgan fingerprint density at radius 3 is 2.26 bits per heavy atom. The fourth-order valence-electron chi connectivity index (χ4n) is 5.36. The van der Waals surface area contributed by atoms with E-state index in [0.29, 0.717) is 0 Å². The van der Waals surface area contributed by atoms with Gasteiger partial charge in [-0.2, -0.15) is 0 Å². The van der Waals surface area contributed by atoms with Crippen LogP contribution in [-0.4, -0.2) is 19.6 Å². The lowest BCUT2D eigenvalue weighted by Gasteiger charge is -2.28. The number of aromatic nitrogens is 3. The average Bonchev–Trinajstić information content (AvgIpc) is 3.30. The van der Waals surface area contributed by atoms with Crippen molar-refractivity contribution in [1.29, 1.82) is 0 Å². The van der Waals surface area contributed by atoms with E-state index in [9.17, 15) is 5.11 Å². The summed E-state index contributed by atoms with van der Waals surface area (Å²) in [5, 5.41) is 11.2. The van der Waals surface area contributed by atoms with Crippen LogP contribution in [0.3, 0.4) is 0 Å². The molecule has 38 heavy (non-hydrogen) atoms. The summed E-state index contributed by atoms with van der Waals surface area (Å²) in [6.45, 7) is 4.38. The molecule has 2 aromatic heterocycles. The lowest BCUT2D eigenvalue weighted by molar-refractivity contribution is 0.474. The van der Waals surface area contributed by atoms with E-state index < -0.39 is 0 Å². The van der Waals surface area contributed by atoms with Crippen LogP contribution in [0.5, 0.6) is 5.75 Å². The largest absolute Gasteiger partial charge is 0.507 e. The summed E-state index contributed by atoms with van der Waals surface area (Å²) in [6, 6.07) is 36.8. The van der Waals surface area contributed by atoms with Crippen molar-refractivity contribution in [2.75, 3.05) is 0 Å². The molecule has 4 aromatic carbocycles. The van der Waals surface area contributed by atoms with Gasteiger partial charge in [-0.05, 0) is 47.0 Å². The zero-order chi connectivity index (χ0) is 26.3. The van der Waals surface area contributed by atoms with Crippen molar-refractivity contribution in [3.05, 3.63) is 127 Å². The summed E-state index contributed by atoms with van der Waals surface area (Å²) >= 11 is 0. The molecule has 0 fully saturated rings. The minimum atomic E-state index is -0.340. The number of aromatic hydroxyl groups is 1. The van der Waals surface area contributed by atoms with E-state index in [0.717, 1.165) is 50.4 Å². The van der Waals surface area contributed by atoms with Crippen LogP contribution in [0.25, 0.3) is 44.8 Å². The average molecular weight is 496 g/mol. The minimum Gasteiger partial charge on any atom is -0.507 e. The first-order valence-electron chi connectivity index (χ1n) is 12.8. The molecule has 0 spiro atoms. The van der Waals surface area contributed by atoms with Crippen molar-refractivity contribution in [1.82, 2.24) is 14.5 Å². The van der Waals surface area contributed by atoms with Gasteiger partial charge >= 0.3 is 0 Å². The van der Waals surface area contributed by atoms with Crippen LogP contribution in [0.1, 0.15) is 25.0 Å². The number of phenolic OH excluding ortho intramolecular Hbond substituents is 1. The van der Waals surface area contributed by atoms with Gasteiger partial charge in [0.2, 0.25) is 0 Å². The SMILES string of the molecule is Cn1c(-c2c(O)cccc2C(C)(C)c2ccccc2)nc2c(-c3cccc(-c4ccccn4)c3)cccc21. The fourth-order valence-corrected chi connectivity index (χ4v) is 5.36. The highest BCUT2D eigenvalue weighted by Gasteiger charge is 2.30. The molecule has 0 unspecified atom stereocenters. The first kappa shape index (κ1) is 23.7. The smallest absolute Gasteiger partial charge is 0.144 e. The van der Waals surface area contributed by atoms with Gasteiger partial charge in [0.25, 0.3) is 0 Å². The van der Waals surface area contributed by atoms with Gasteiger partial charge in [0.15, 0.2) is 0 Å². The number of para-hydroxylation sites is 1. The first-order chi connectivity index (χ1) is 18.4. The van der Waals surface area contributed by atoms with Crippen molar-refractivity contribution < 1.29 is 5.11 Å². The second-order valence-corrected chi connectivity index (χ2v) is 10.2. The Kier molecular flexibility index (Phi) is 5.80. The molecule has 0 saturated carbocycles. The lowest BCUT2D eigenvalue weighted by Crippen LogP contribution is -2.20. The van der Waals surface area contributed by atoms with Gasteiger partial charge in [-0.25, -0.2) is 4.98 Å². The van der Waals surface area contributed by atoms with Crippen molar-refractivity contribution in [2.24, 2.45) is 7.05 Å². The third-order valence-corrected chi connectivity index (χ3v) is 7.48. The van der Waals surface area contributed by atoms with Crippen molar-refractivity contribution in [2.45, 2.75) is 19.3 Å². The van der Waals surface area contributed by atoms with E-state index in [1.807, 2.05) is 43.6 Å². The van der Waals surface area contributed by atoms with Gasteiger partial charge < -0.3 is 9.67 Å². The molecule has 0 saturated heterocycles. The molecule has 0 aliphatic rings. The maximum atomic E-state index is 11.2. The van der Waals surface area contributed by atoms with Crippen LogP contribution in [0, 0.1) is 0 Å². The molecular formula is C34H29N3O. The highest BCUT2D eigenvalue weighted by molar-refractivity contribution is 5.95. The molecule has 186 valence electrons. The van der Waals surface area contributed by atoms with E-state index in [-0.39, 0.29) is 11.2 Å². The Bertz CT molecular complexity index is 1750. The number of aryl methyl sites for hydroxylation is 1. The minimum absolute atomic E-state index is 0.226. The zero-order valence-electron chi connectivity index (χ0n) is 21.8. The number of fused-ring (bicyclic) bond motifs is 1. The van der Waals surface area contributed by atoms with Gasteiger partial charge in [-0.1, -0.05) is 92.7 Å². The second kappa shape index (κ2) is 9.31. The topological polar surface area (TPSA) is 50.9 Å². The number of benzene rings is 4. The molecule has 6 rings (SSSR count). The van der Waals surface area contributed by atoms with E-state index in [1.54, 1.807) is 6.07 Å². The van der Waals surface area contributed by atoms with Crippen LogP contribution >= 0.6 is 0 Å². The molecule has 0 aliphatic heterocycles.